The number of nitrogens with zero attached hydrogens (tertiary/aromatic N) is 1. The molecular weight excluding hydrogens is 506 g/mol. The molecule has 198 valence electrons. The van der Waals surface area contributed by atoms with Gasteiger partial charge in [-0.3, -0.25) is 9.69 Å². The highest BCUT2D eigenvalue weighted by Gasteiger charge is 2.41. The fourth-order valence-corrected chi connectivity index (χ4v) is 5.50. The smallest absolute Gasteiger partial charge is 0.331 e. The Hall–Kier alpha value is -2.84. The van der Waals surface area contributed by atoms with E-state index in [-0.39, 0.29) is 10.4 Å². The Morgan fingerprint density at radius 1 is 1.08 bits per heavy atom. The van der Waals surface area contributed by atoms with Crippen molar-refractivity contribution >= 4 is 46.3 Å². The zero-order valence-electron chi connectivity index (χ0n) is 21.6. The minimum absolute atomic E-state index is 0.0638. The maximum atomic E-state index is 13.3. The first kappa shape index (κ1) is 28.7. The fraction of sp³-hybridized carbons (Fsp3) is 0.414. The van der Waals surface area contributed by atoms with Gasteiger partial charge in [-0.05, 0) is 56.0 Å². The van der Waals surface area contributed by atoms with Crippen molar-refractivity contribution in [3.05, 3.63) is 64.6 Å². The lowest BCUT2D eigenvalue weighted by atomic mass is 10.1. The summed E-state index contributed by atoms with van der Waals surface area (Å²) < 4.78 is 12.2. The number of carbonyl (C=O) groups excluding carboxylic acids is 1. The molecule has 2 aromatic carbocycles. The zero-order valence-corrected chi connectivity index (χ0v) is 23.3. The molecule has 1 aliphatic rings. The first-order valence-electron chi connectivity index (χ1n) is 12.8. The number of carboxylic acids is 1. The Labute approximate surface area is 229 Å². The fourth-order valence-electron chi connectivity index (χ4n) is 4.18. The van der Waals surface area contributed by atoms with Crippen molar-refractivity contribution in [1.29, 1.82) is 0 Å². The van der Waals surface area contributed by atoms with Crippen molar-refractivity contribution in [2.75, 3.05) is 6.61 Å². The second-order valence-electron chi connectivity index (χ2n) is 8.97. The van der Waals surface area contributed by atoms with Crippen molar-refractivity contribution < 1.29 is 24.2 Å². The van der Waals surface area contributed by atoms with Crippen LogP contribution in [0.5, 0.6) is 11.5 Å². The number of rotatable bonds is 14. The summed E-state index contributed by atoms with van der Waals surface area (Å²) in [6.45, 7) is 6.67. The molecule has 3 rings (SSSR count). The van der Waals surface area contributed by atoms with Gasteiger partial charge in [0.15, 0.2) is 17.5 Å². The van der Waals surface area contributed by atoms with Gasteiger partial charge < -0.3 is 14.6 Å². The van der Waals surface area contributed by atoms with E-state index in [0.717, 1.165) is 30.2 Å². The number of aliphatic carboxylic acids is 1. The van der Waals surface area contributed by atoms with Gasteiger partial charge >= 0.3 is 5.97 Å². The summed E-state index contributed by atoms with van der Waals surface area (Å²) in [4.78, 5) is 26.9. The molecule has 2 aromatic rings. The summed E-state index contributed by atoms with van der Waals surface area (Å²) in [6, 6.07) is 13.0. The second kappa shape index (κ2) is 14.2. The second-order valence-corrected chi connectivity index (χ2v) is 10.6. The average molecular weight is 542 g/mol. The standard InChI is InChI=1S/C29H35NO5S2/c1-4-6-7-8-10-13-20(3)35-23-17-16-21(18-24(23)34-5-2)19-25-27(31)30(29(36)37-25)26(28(32)33)22-14-11-9-12-15-22/h9,11-12,14-20,26H,4-8,10,13H2,1-3H3,(H,32,33)/b25-19+/t20-,26+/m0/s1. The Morgan fingerprint density at radius 3 is 2.49 bits per heavy atom. The molecule has 0 bridgehead atoms. The normalized spacial score (nSPS) is 16.2. The van der Waals surface area contributed by atoms with Crippen molar-refractivity contribution in [1.82, 2.24) is 4.90 Å². The molecule has 1 fully saturated rings. The highest BCUT2D eigenvalue weighted by Crippen LogP contribution is 2.39. The van der Waals surface area contributed by atoms with E-state index in [4.69, 9.17) is 21.7 Å². The van der Waals surface area contributed by atoms with Gasteiger partial charge in [-0.2, -0.15) is 0 Å². The van der Waals surface area contributed by atoms with Crippen LogP contribution in [0.25, 0.3) is 6.08 Å². The highest BCUT2D eigenvalue weighted by molar-refractivity contribution is 8.26. The monoisotopic (exact) mass is 541 g/mol. The molecule has 8 heteroatoms. The molecule has 0 radical (unpaired) electrons. The van der Waals surface area contributed by atoms with E-state index in [0.29, 0.717) is 28.6 Å². The number of hydrogen-bond donors (Lipinski definition) is 1. The van der Waals surface area contributed by atoms with Gasteiger partial charge in [-0.25, -0.2) is 4.79 Å². The van der Waals surface area contributed by atoms with E-state index in [1.807, 2.05) is 25.1 Å². The molecule has 1 N–H and O–H groups in total. The number of amides is 1. The van der Waals surface area contributed by atoms with Crippen LogP contribution < -0.4 is 9.47 Å². The van der Waals surface area contributed by atoms with Crippen LogP contribution in [0.4, 0.5) is 0 Å². The molecular formula is C29H35NO5S2. The lowest BCUT2D eigenvalue weighted by Gasteiger charge is -2.23. The summed E-state index contributed by atoms with van der Waals surface area (Å²) in [5, 5.41) is 9.88. The summed E-state index contributed by atoms with van der Waals surface area (Å²) in [5.41, 5.74) is 1.24. The van der Waals surface area contributed by atoms with Crippen LogP contribution in [-0.2, 0) is 9.59 Å². The average Bonchev–Trinajstić information content (AvgIpc) is 3.14. The molecule has 2 atom stereocenters. The largest absolute Gasteiger partial charge is 0.490 e. The van der Waals surface area contributed by atoms with Crippen molar-refractivity contribution in [3.8, 4) is 11.5 Å². The van der Waals surface area contributed by atoms with E-state index >= 15 is 0 Å². The van der Waals surface area contributed by atoms with Gasteiger partial charge in [-0.15, -0.1) is 0 Å². The van der Waals surface area contributed by atoms with E-state index in [2.05, 4.69) is 13.8 Å². The number of hydrogen-bond acceptors (Lipinski definition) is 6. The molecule has 0 aromatic heterocycles. The SMILES string of the molecule is CCCCCCC[C@H](C)Oc1ccc(/C=C2/SC(=S)N([C@@H](C(=O)O)c3ccccc3)C2=O)cc1OCC. The molecule has 1 heterocycles. The maximum absolute atomic E-state index is 13.3. The zero-order chi connectivity index (χ0) is 26.8. The van der Waals surface area contributed by atoms with Crippen LogP contribution >= 0.6 is 24.0 Å². The van der Waals surface area contributed by atoms with E-state index < -0.39 is 17.9 Å². The number of thioether (sulfide) groups is 1. The maximum Gasteiger partial charge on any atom is 0.331 e. The minimum Gasteiger partial charge on any atom is -0.490 e. The van der Waals surface area contributed by atoms with Crippen molar-refractivity contribution in [3.63, 3.8) is 0 Å². The van der Waals surface area contributed by atoms with Gasteiger partial charge in [0.1, 0.15) is 4.32 Å². The first-order valence-corrected chi connectivity index (χ1v) is 14.1. The van der Waals surface area contributed by atoms with Crippen LogP contribution in [0, 0.1) is 0 Å². The van der Waals surface area contributed by atoms with E-state index in [9.17, 15) is 14.7 Å². The lowest BCUT2D eigenvalue weighted by molar-refractivity contribution is -0.145. The van der Waals surface area contributed by atoms with Crippen LogP contribution in [0.15, 0.2) is 53.4 Å². The molecule has 1 saturated heterocycles. The van der Waals surface area contributed by atoms with Gasteiger partial charge in [0.25, 0.3) is 5.91 Å². The Kier molecular flexibility index (Phi) is 11.0. The third-order valence-electron chi connectivity index (χ3n) is 6.04. The number of ether oxygens (including phenoxy) is 2. The quantitative estimate of drug-likeness (QED) is 0.153. The number of benzene rings is 2. The number of unbranched alkanes of at least 4 members (excludes halogenated alkanes) is 4. The van der Waals surface area contributed by atoms with Gasteiger partial charge in [0, 0.05) is 0 Å². The summed E-state index contributed by atoms with van der Waals surface area (Å²) in [7, 11) is 0. The molecule has 37 heavy (non-hydrogen) atoms. The van der Waals surface area contributed by atoms with Gasteiger partial charge in [0.05, 0.1) is 17.6 Å². The molecule has 6 nitrogen and oxygen atoms in total. The Balaban J connectivity index is 1.76. The van der Waals surface area contributed by atoms with Gasteiger partial charge in [0.2, 0.25) is 0 Å². The van der Waals surface area contributed by atoms with E-state index in [1.165, 1.54) is 30.6 Å². The molecule has 0 unspecified atom stereocenters. The van der Waals surface area contributed by atoms with Crippen LogP contribution in [0.2, 0.25) is 0 Å². The van der Waals surface area contributed by atoms with E-state index in [1.54, 1.807) is 36.4 Å². The molecule has 0 saturated carbocycles. The number of carboxylic acid groups (broad SMARTS) is 1. The summed E-state index contributed by atoms with van der Waals surface area (Å²) in [6.07, 6.45) is 8.86. The predicted molar refractivity (Wildman–Crippen MR) is 153 cm³/mol. The summed E-state index contributed by atoms with van der Waals surface area (Å²) >= 11 is 6.52. The lowest BCUT2D eigenvalue weighted by Crippen LogP contribution is -2.37. The highest BCUT2D eigenvalue weighted by atomic mass is 32.2. The summed E-state index contributed by atoms with van der Waals surface area (Å²) in [5.74, 6) is -0.288. The van der Waals surface area contributed by atoms with Crippen LogP contribution in [0.1, 0.15) is 76.5 Å². The Bertz CT molecular complexity index is 1120. The van der Waals surface area contributed by atoms with Crippen molar-refractivity contribution in [2.45, 2.75) is 71.4 Å². The number of carbonyl (C=O) groups is 2. The van der Waals surface area contributed by atoms with Crippen LogP contribution in [-0.4, -0.2) is 38.9 Å². The molecule has 1 aliphatic heterocycles. The molecule has 0 aliphatic carbocycles. The van der Waals surface area contributed by atoms with Crippen LogP contribution in [0.3, 0.4) is 0 Å². The Morgan fingerprint density at radius 2 is 1.81 bits per heavy atom. The third kappa shape index (κ3) is 7.82. The first-order chi connectivity index (χ1) is 17.8. The topological polar surface area (TPSA) is 76.1 Å². The van der Waals surface area contributed by atoms with Crippen molar-refractivity contribution in [2.24, 2.45) is 0 Å². The molecule has 1 amide bonds. The predicted octanol–water partition coefficient (Wildman–Crippen LogP) is 7.24. The number of thiocarbonyl (C=S) groups is 1. The minimum atomic E-state index is -1.18. The van der Waals surface area contributed by atoms with Gasteiger partial charge in [-0.1, -0.05) is 93.0 Å². The third-order valence-corrected chi connectivity index (χ3v) is 7.37. The molecule has 0 spiro atoms.